The lowest BCUT2D eigenvalue weighted by Gasteiger charge is -2.24. The van der Waals surface area contributed by atoms with E-state index in [0.717, 1.165) is 17.0 Å². The maximum Gasteiger partial charge on any atom is 0.362 e. The van der Waals surface area contributed by atoms with Crippen LogP contribution >= 0.6 is 7.60 Å². The summed E-state index contributed by atoms with van der Waals surface area (Å²) in [6.07, 6.45) is 0. The van der Waals surface area contributed by atoms with Crippen molar-refractivity contribution in [3.63, 3.8) is 0 Å². The summed E-state index contributed by atoms with van der Waals surface area (Å²) in [7, 11) is -7.02. The fourth-order valence-corrected chi connectivity index (χ4v) is 7.54. The molecule has 1 heterocycles. The predicted octanol–water partition coefficient (Wildman–Crippen LogP) is 4.74. The molecule has 3 rings (SSSR count). The Labute approximate surface area is 223 Å². The topological polar surface area (TPSA) is 116 Å². The summed E-state index contributed by atoms with van der Waals surface area (Å²) in [4.78, 5) is 26.2. The minimum Gasteiger partial charge on any atom is -0.465 e. The highest BCUT2D eigenvalue weighted by atomic mass is 32.2. The first-order valence-electron chi connectivity index (χ1n) is 12.1. The number of Topliss-reactive ketones (excluding diaryl/α,β-unsaturated/α-hetero) is 1. The predicted molar refractivity (Wildman–Crippen MR) is 144 cm³/mol. The highest BCUT2D eigenvalue weighted by molar-refractivity contribution is 7.89. The molecule has 0 saturated heterocycles. The Balaban J connectivity index is 2.32. The van der Waals surface area contributed by atoms with Gasteiger partial charge in [-0.05, 0) is 51.0 Å². The number of sulfonamides is 1. The van der Waals surface area contributed by atoms with Crippen molar-refractivity contribution >= 4 is 34.7 Å². The molecule has 2 aromatic carbocycles. The van der Waals surface area contributed by atoms with Gasteiger partial charge in [0.2, 0.25) is 10.0 Å². The second-order valence-electron chi connectivity index (χ2n) is 8.51. The molecule has 11 heteroatoms. The Morgan fingerprint density at radius 3 is 1.97 bits per heavy atom. The SMILES string of the molecule is CCOP(=O)(OCC)/C(=C(/C(=O)OC)C1=C(C(C)=O)CN(S(=O)(=O)c2ccc(C)cc2)C1)c1ccccc1. The molecule has 0 aliphatic carbocycles. The zero-order valence-corrected chi connectivity index (χ0v) is 23.8. The lowest BCUT2D eigenvalue weighted by atomic mass is 9.97. The number of carbonyl (C=O) groups excluding carboxylic acids is 2. The first-order chi connectivity index (χ1) is 18.0. The van der Waals surface area contributed by atoms with Crippen LogP contribution in [0.3, 0.4) is 0 Å². The summed E-state index contributed by atoms with van der Waals surface area (Å²) in [6.45, 7) is 5.84. The normalized spacial score (nSPS) is 15.4. The number of hydrogen-bond acceptors (Lipinski definition) is 8. The standard InChI is InChI=1S/C27H32NO8PS/c1-6-35-37(31,36-7-2)26(21-11-9-8-10-12-21)25(27(30)34-5)24-18-28(17-23(24)20(4)29)38(32,33)22-15-13-19(3)14-16-22/h8-16H,6-7,17-18H2,1-5H3/b26-25+. The Bertz CT molecular complexity index is 1400. The first-order valence-corrected chi connectivity index (χ1v) is 15.1. The average molecular weight is 562 g/mol. The maximum atomic E-state index is 14.2. The lowest BCUT2D eigenvalue weighted by molar-refractivity contribution is -0.135. The number of esters is 1. The van der Waals surface area contributed by atoms with Gasteiger partial charge >= 0.3 is 13.6 Å². The van der Waals surface area contributed by atoms with E-state index in [1.807, 2.05) is 6.92 Å². The van der Waals surface area contributed by atoms with Gasteiger partial charge in [0.15, 0.2) is 5.78 Å². The summed E-state index contributed by atoms with van der Waals surface area (Å²) in [5.41, 5.74) is 1.22. The maximum absolute atomic E-state index is 14.2. The fourth-order valence-electron chi connectivity index (χ4n) is 4.19. The van der Waals surface area contributed by atoms with Crippen molar-refractivity contribution in [1.29, 1.82) is 0 Å². The van der Waals surface area contributed by atoms with Crippen LogP contribution in [-0.2, 0) is 38.0 Å². The van der Waals surface area contributed by atoms with Crippen LogP contribution in [-0.4, -0.2) is 57.9 Å². The molecule has 2 aromatic rings. The first kappa shape index (κ1) is 29.7. The summed E-state index contributed by atoms with van der Waals surface area (Å²) >= 11 is 0. The summed E-state index contributed by atoms with van der Waals surface area (Å²) in [5, 5.41) is -0.0861. The summed E-state index contributed by atoms with van der Waals surface area (Å²) < 4.78 is 58.7. The van der Waals surface area contributed by atoms with Gasteiger partial charge in [-0.2, -0.15) is 4.31 Å². The van der Waals surface area contributed by atoms with Crippen molar-refractivity contribution < 1.29 is 36.4 Å². The number of rotatable bonds is 11. The fraction of sp³-hybridized carbons (Fsp3) is 0.333. The van der Waals surface area contributed by atoms with Crippen molar-refractivity contribution in [3.8, 4) is 0 Å². The quantitative estimate of drug-likeness (QED) is 0.220. The summed E-state index contributed by atoms with van der Waals surface area (Å²) in [6, 6.07) is 14.7. The minimum atomic E-state index is -4.14. The van der Waals surface area contributed by atoms with Crippen LogP contribution in [0.2, 0.25) is 0 Å². The van der Waals surface area contributed by atoms with Gasteiger partial charge in [-0.3, -0.25) is 9.36 Å². The van der Waals surface area contributed by atoms with Crippen LogP contribution in [0.4, 0.5) is 0 Å². The van der Waals surface area contributed by atoms with Crippen LogP contribution in [0.25, 0.3) is 5.31 Å². The van der Waals surface area contributed by atoms with E-state index in [2.05, 4.69) is 0 Å². The molecule has 0 bridgehead atoms. The van der Waals surface area contributed by atoms with Crippen LogP contribution < -0.4 is 0 Å². The number of hydrogen-bond donors (Lipinski definition) is 0. The Hall–Kier alpha value is -2.88. The highest BCUT2D eigenvalue weighted by Crippen LogP contribution is 2.62. The third-order valence-electron chi connectivity index (χ3n) is 5.96. The molecule has 1 aliphatic heterocycles. The van der Waals surface area contributed by atoms with E-state index in [9.17, 15) is 22.6 Å². The van der Waals surface area contributed by atoms with Crippen molar-refractivity contribution in [2.24, 2.45) is 0 Å². The van der Waals surface area contributed by atoms with Crippen molar-refractivity contribution in [3.05, 3.63) is 82.4 Å². The monoisotopic (exact) mass is 561 g/mol. The van der Waals surface area contributed by atoms with Crippen LogP contribution in [0.15, 0.2) is 76.2 Å². The molecular formula is C27H32NO8PS. The number of methoxy groups -OCH3 is 1. The average Bonchev–Trinajstić information content (AvgIpc) is 3.34. The van der Waals surface area contributed by atoms with Crippen LogP contribution in [0.5, 0.6) is 0 Å². The number of carbonyl (C=O) groups is 2. The molecule has 0 saturated carbocycles. The van der Waals surface area contributed by atoms with Gasteiger partial charge in [0.25, 0.3) is 0 Å². The van der Waals surface area contributed by atoms with Crippen LogP contribution in [0, 0.1) is 6.92 Å². The molecule has 38 heavy (non-hydrogen) atoms. The van der Waals surface area contributed by atoms with E-state index >= 15 is 0 Å². The zero-order chi connectivity index (χ0) is 28.1. The summed E-state index contributed by atoms with van der Waals surface area (Å²) in [5.74, 6) is -1.33. The zero-order valence-electron chi connectivity index (χ0n) is 22.1. The van der Waals surface area contributed by atoms with Gasteiger partial charge in [-0.25, -0.2) is 13.2 Å². The van der Waals surface area contributed by atoms with E-state index in [1.54, 1.807) is 56.3 Å². The third kappa shape index (κ3) is 6.06. The molecule has 0 unspecified atom stereocenters. The Morgan fingerprint density at radius 2 is 1.47 bits per heavy atom. The van der Waals surface area contributed by atoms with Crippen LogP contribution in [0.1, 0.15) is 31.9 Å². The van der Waals surface area contributed by atoms with Crippen molar-refractivity contribution in [2.45, 2.75) is 32.6 Å². The lowest BCUT2D eigenvalue weighted by Crippen LogP contribution is -2.30. The molecule has 0 fully saturated rings. The second kappa shape index (κ2) is 12.3. The van der Waals surface area contributed by atoms with E-state index in [4.69, 9.17) is 13.8 Å². The molecule has 9 nitrogen and oxygen atoms in total. The number of nitrogens with zero attached hydrogens (tertiary/aromatic N) is 1. The second-order valence-corrected chi connectivity index (χ2v) is 12.4. The minimum absolute atomic E-state index is 0.00854. The molecular weight excluding hydrogens is 529 g/mol. The van der Waals surface area contributed by atoms with Gasteiger partial charge in [-0.1, -0.05) is 48.0 Å². The Morgan fingerprint density at radius 1 is 0.921 bits per heavy atom. The van der Waals surface area contributed by atoms with Crippen molar-refractivity contribution in [2.75, 3.05) is 33.4 Å². The molecule has 204 valence electrons. The molecule has 0 atom stereocenters. The number of ketones is 1. The van der Waals surface area contributed by atoms with E-state index in [0.29, 0.717) is 5.56 Å². The molecule has 1 aliphatic rings. The van der Waals surface area contributed by atoms with Gasteiger partial charge in [0.1, 0.15) is 0 Å². The van der Waals surface area contributed by atoms with Gasteiger partial charge in [0.05, 0.1) is 36.1 Å². The Kier molecular flexibility index (Phi) is 9.62. The van der Waals surface area contributed by atoms with Gasteiger partial charge in [-0.15, -0.1) is 0 Å². The number of aryl methyl sites for hydroxylation is 1. The molecule has 0 spiro atoms. The van der Waals surface area contributed by atoms with E-state index in [-0.39, 0.29) is 53.2 Å². The van der Waals surface area contributed by atoms with Gasteiger partial charge in [0, 0.05) is 18.7 Å². The van der Waals surface area contributed by atoms with E-state index in [1.165, 1.54) is 19.1 Å². The van der Waals surface area contributed by atoms with E-state index < -0.39 is 29.4 Å². The molecule has 0 aromatic heterocycles. The number of benzene rings is 2. The van der Waals surface area contributed by atoms with Crippen molar-refractivity contribution in [1.82, 2.24) is 4.31 Å². The molecule has 0 N–H and O–H groups in total. The highest BCUT2D eigenvalue weighted by Gasteiger charge is 2.42. The largest absolute Gasteiger partial charge is 0.465 e. The molecule has 0 radical (unpaired) electrons. The third-order valence-corrected chi connectivity index (χ3v) is 10.00. The smallest absolute Gasteiger partial charge is 0.362 e. The molecule has 0 amide bonds. The number of ether oxygens (including phenoxy) is 1. The van der Waals surface area contributed by atoms with Gasteiger partial charge < -0.3 is 13.8 Å².